The van der Waals surface area contributed by atoms with Crippen molar-refractivity contribution in [2.75, 3.05) is 52.5 Å². The first kappa shape index (κ1) is 23.5. The first-order chi connectivity index (χ1) is 16.7. The molecular weight excluding hydrogens is 457 g/mol. The van der Waals surface area contributed by atoms with Crippen molar-refractivity contribution in [2.24, 2.45) is 0 Å². The zero-order valence-corrected chi connectivity index (χ0v) is 20.1. The molecule has 0 saturated carbocycles. The molecule has 182 valence electrons. The number of ether oxygens (including phenoxy) is 2. The van der Waals surface area contributed by atoms with Crippen LogP contribution in [0.4, 0.5) is 4.39 Å². The standard InChI is InChI=1S/C26H31ClFN3O3/c27-24-17-22(4-2-20(24)18-31-11-14-32-15-12-31)33-13-1-8-30-9-6-19(7-10-30)26-23-5-3-21(28)16-25(23)34-29-26/h2-5,16-17,19H,1,6-15,18H2. The molecule has 0 spiro atoms. The van der Waals surface area contributed by atoms with Crippen LogP contribution in [-0.4, -0.2) is 67.5 Å². The Kier molecular flexibility index (Phi) is 7.64. The van der Waals surface area contributed by atoms with Gasteiger partial charge in [-0.2, -0.15) is 0 Å². The predicted molar refractivity (Wildman–Crippen MR) is 130 cm³/mol. The van der Waals surface area contributed by atoms with Crippen LogP contribution in [0.3, 0.4) is 0 Å². The quantitative estimate of drug-likeness (QED) is 0.412. The van der Waals surface area contributed by atoms with Crippen molar-refractivity contribution in [1.82, 2.24) is 15.0 Å². The molecule has 1 aromatic heterocycles. The van der Waals surface area contributed by atoms with E-state index in [0.29, 0.717) is 18.1 Å². The molecule has 5 rings (SSSR count). The van der Waals surface area contributed by atoms with E-state index in [2.05, 4.69) is 21.0 Å². The van der Waals surface area contributed by atoms with Gasteiger partial charge in [-0.3, -0.25) is 4.90 Å². The van der Waals surface area contributed by atoms with Gasteiger partial charge in [-0.15, -0.1) is 0 Å². The largest absolute Gasteiger partial charge is 0.493 e. The highest BCUT2D eigenvalue weighted by molar-refractivity contribution is 6.31. The van der Waals surface area contributed by atoms with Crippen molar-refractivity contribution in [3.63, 3.8) is 0 Å². The van der Waals surface area contributed by atoms with E-state index in [4.69, 9.17) is 25.6 Å². The van der Waals surface area contributed by atoms with E-state index in [9.17, 15) is 4.39 Å². The lowest BCUT2D eigenvalue weighted by Crippen LogP contribution is -2.35. The first-order valence-electron chi connectivity index (χ1n) is 12.1. The summed E-state index contributed by atoms with van der Waals surface area (Å²) < 4.78 is 30.1. The Bertz CT molecular complexity index is 1090. The molecule has 8 heteroatoms. The Balaban J connectivity index is 1.04. The van der Waals surface area contributed by atoms with E-state index in [-0.39, 0.29) is 5.82 Å². The third-order valence-electron chi connectivity index (χ3n) is 6.85. The van der Waals surface area contributed by atoms with E-state index in [0.717, 1.165) is 99.2 Å². The Morgan fingerprint density at radius 3 is 2.65 bits per heavy atom. The summed E-state index contributed by atoms with van der Waals surface area (Å²) in [5.41, 5.74) is 2.62. The van der Waals surface area contributed by atoms with E-state index in [1.54, 1.807) is 6.07 Å². The number of likely N-dealkylation sites (tertiary alicyclic amines) is 1. The van der Waals surface area contributed by atoms with Crippen molar-refractivity contribution < 1.29 is 18.4 Å². The van der Waals surface area contributed by atoms with Gasteiger partial charge in [0.05, 0.1) is 25.5 Å². The van der Waals surface area contributed by atoms with Gasteiger partial charge < -0.3 is 18.9 Å². The van der Waals surface area contributed by atoms with Gasteiger partial charge in [0.1, 0.15) is 11.6 Å². The average Bonchev–Trinajstić information content (AvgIpc) is 3.27. The summed E-state index contributed by atoms with van der Waals surface area (Å²) in [6, 6.07) is 10.7. The molecule has 0 N–H and O–H groups in total. The molecule has 0 bridgehead atoms. The number of morpholine rings is 1. The summed E-state index contributed by atoms with van der Waals surface area (Å²) in [5, 5.41) is 5.93. The number of aromatic nitrogens is 1. The van der Waals surface area contributed by atoms with Gasteiger partial charge >= 0.3 is 0 Å². The van der Waals surface area contributed by atoms with Crippen LogP contribution >= 0.6 is 11.6 Å². The van der Waals surface area contributed by atoms with Gasteiger partial charge in [-0.1, -0.05) is 22.8 Å². The smallest absolute Gasteiger partial charge is 0.170 e. The minimum atomic E-state index is -0.293. The molecule has 34 heavy (non-hydrogen) atoms. The lowest BCUT2D eigenvalue weighted by molar-refractivity contribution is 0.0342. The van der Waals surface area contributed by atoms with Crippen molar-refractivity contribution >= 4 is 22.6 Å². The summed E-state index contributed by atoms with van der Waals surface area (Å²) in [6.07, 6.45) is 3.02. The molecule has 2 aromatic carbocycles. The molecule has 3 heterocycles. The SMILES string of the molecule is Fc1ccc2c(C3CCN(CCCOc4ccc(CN5CCOCC5)c(Cl)c4)CC3)noc2c1. The van der Waals surface area contributed by atoms with Gasteiger partial charge in [-0.05, 0) is 62.2 Å². The number of nitrogens with zero attached hydrogens (tertiary/aromatic N) is 3. The summed E-state index contributed by atoms with van der Waals surface area (Å²) in [5.74, 6) is 0.888. The van der Waals surface area contributed by atoms with Gasteiger partial charge in [0.15, 0.2) is 5.58 Å². The maximum absolute atomic E-state index is 13.4. The van der Waals surface area contributed by atoms with Crippen molar-refractivity contribution in [1.29, 1.82) is 0 Å². The van der Waals surface area contributed by atoms with Gasteiger partial charge in [-0.25, -0.2) is 4.39 Å². The Morgan fingerprint density at radius 2 is 1.85 bits per heavy atom. The lowest BCUT2D eigenvalue weighted by Gasteiger charge is -2.31. The van der Waals surface area contributed by atoms with Crippen LogP contribution < -0.4 is 4.74 Å². The Hall–Kier alpha value is -2.19. The van der Waals surface area contributed by atoms with Crippen molar-refractivity contribution in [3.8, 4) is 5.75 Å². The van der Waals surface area contributed by atoms with E-state index in [1.807, 2.05) is 12.1 Å². The fraction of sp³-hybridized carbons (Fsp3) is 0.500. The number of halogens is 2. The molecule has 0 atom stereocenters. The molecule has 6 nitrogen and oxygen atoms in total. The average molecular weight is 488 g/mol. The van der Waals surface area contributed by atoms with Crippen LogP contribution in [0, 0.1) is 5.82 Å². The monoisotopic (exact) mass is 487 g/mol. The summed E-state index contributed by atoms with van der Waals surface area (Å²) in [6.45, 7) is 8.01. The fourth-order valence-corrected chi connectivity index (χ4v) is 5.11. The van der Waals surface area contributed by atoms with E-state index in [1.165, 1.54) is 12.1 Å². The van der Waals surface area contributed by atoms with Crippen LogP contribution in [0.1, 0.15) is 36.4 Å². The second-order valence-corrected chi connectivity index (χ2v) is 9.58. The van der Waals surface area contributed by atoms with Gasteiger partial charge in [0, 0.05) is 48.6 Å². The molecule has 2 aliphatic rings. The summed E-state index contributed by atoms with van der Waals surface area (Å²) >= 11 is 6.51. The molecule has 3 aromatic rings. The lowest BCUT2D eigenvalue weighted by atomic mass is 9.91. The zero-order valence-electron chi connectivity index (χ0n) is 19.3. The summed E-state index contributed by atoms with van der Waals surface area (Å²) in [7, 11) is 0. The minimum Gasteiger partial charge on any atom is -0.493 e. The van der Waals surface area contributed by atoms with Crippen LogP contribution in [0.15, 0.2) is 40.9 Å². The number of benzene rings is 2. The molecule has 0 radical (unpaired) electrons. The first-order valence-corrected chi connectivity index (χ1v) is 12.5. The van der Waals surface area contributed by atoms with Crippen molar-refractivity contribution in [2.45, 2.75) is 31.7 Å². The van der Waals surface area contributed by atoms with Gasteiger partial charge in [0.2, 0.25) is 0 Å². The third-order valence-corrected chi connectivity index (χ3v) is 7.20. The highest BCUT2D eigenvalue weighted by Gasteiger charge is 2.25. The molecule has 0 amide bonds. The van der Waals surface area contributed by atoms with Crippen LogP contribution in [0.2, 0.25) is 5.02 Å². The number of fused-ring (bicyclic) bond motifs is 1. The van der Waals surface area contributed by atoms with E-state index < -0.39 is 0 Å². The van der Waals surface area contributed by atoms with Gasteiger partial charge in [0.25, 0.3) is 0 Å². The number of hydrogen-bond acceptors (Lipinski definition) is 6. The maximum atomic E-state index is 13.4. The molecule has 0 aliphatic carbocycles. The fourth-order valence-electron chi connectivity index (χ4n) is 4.88. The number of rotatable bonds is 8. The number of piperidine rings is 1. The van der Waals surface area contributed by atoms with Crippen LogP contribution in [-0.2, 0) is 11.3 Å². The highest BCUT2D eigenvalue weighted by atomic mass is 35.5. The second kappa shape index (κ2) is 11.0. The third kappa shape index (κ3) is 5.71. The zero-order chi connectivity index (χ0) is 23.3. The molecule has 0 unspecified atom stereocenters. The summed E-state index contributed by atoms with van der Waals surface area (Å²) in [4.78, 5) is 4.83. The molecule has 2 aliphatic heterocycles. The van der Waals surface area contributed by atoms with E-state index >= 15 is 0 Å². The molecule has 2 fully saturated rings. The maximum Gasteiger partial charge on any atom is 0.170 e. The second-order valence-electron chi connectivity index (χ2n) is 9.17. The van der Waals surface area contributed by atoms with Crippen LogP contribution in [0.5, 0.6) is 5.75 Å². The topological polar surface area (TPSA) is 51.0 Å². The molecule has 2 saturated heterocycles. The Labute approximate surface area is 204 Å². The highest BCUT2D eigenvalue weighted by Crippen LogP contribution is 2.33. The van der Waals surface area contributed by atoms with Crippen molar-refractivity contribution in [3.05, 3.63) is 58.5 Å². The number of hydrogen-bond donors (Lipinski definition) is 0. The van der Waals surface area contributed by atoms with Crippen LogP contribution in [0.25, 0.3) is 11.0 Å². The minimum absolute atomic E-state index is 0.293. The molecular formula is C26H31ClFN3O3. The normalized spacial score (nSPS) is 18.5. The Morgan fingerprint density at radius 1 is 1.03 bits per heavy atom. The predicted octanol–water partition coefficient (Wildman–Crippen LogP) is 5.10.